The van der Waals surface area contributed by atoms with Crippen molar-refractivity contribution in [3.8, 4) is 0 Å². The first-order valence-corrected chi connectivity index (χ1v) is 7.01. The van der Waals surface area contributed by atoms with Crippen LogP contribution >= 0.6 is 0 Å². The second kappa shape index (κ2) is 5.99. The van der Waals surface area contributed by atoms with Crippen molar-refractivity contribution in [3.63, 3.8) is 0 Å². The first-order valence-electron chi connectivity index (χ1n) is 7.01. The van der Waals surface area contributed by atoms with Gasteiger partial charge in [0.2, 0.25) is 0 Å². The van der Waals surface area contributed by atoms with E-state index in [2.05, 4.69) is 27.5 Å². The van der Waals surface area contributed by atoms with Gasteiger partial charge in [-0.3, -0.25) is 4.79 Å². The first-order chi connectivity index (χ1) is 9.13. The van der Waals surface area contributed by atoms with Gasteiger partial charge in [0, 0.05) is 12.1 Å². The first kappa shape index (κ1) is 13.8. The Morgan fingerprint density at radius 1 is 1.26 bits per heavy atom. The molecule has 0 spiro atoms. The quantitative estimate of drug-likeness (QED) is 0.874. The number of anilines is 1. The second-order valence-electron chi connectivity index (χ2n) is 5.39. The molecule has 104 valence electrons. The van der Waals surface area contributed by atoms with Gasteiger partial charge >= 0.3 is 0 Å². The topological polar surface area (TPSA) is 66.9 Å². The van der Waals surface area contributed by atoms with Gasteiger partial charge in [0.1, 0.15) is 11.5 Å². The number of carbonyl (C=O) groups excluding carboxylic acids is 1. The molecule has 1 aromatic heterocycles. The van der Waals surface area contributed by atoms with Crippen molar-refractivity contribution < 1.29 is 4.79 Å². The van der Waals surface area contributed by atoms with Crippen LogP contribution in [0.2, 0.25) is 0 Å². The van der Waals surface area contributed by atoms with E-state index in [0.29, 0.717) is 11.5 Å². The van der Waals surface area contributed by atoms with Crippen LogP contribution in [0.1, 0.15) is 56.4 Å². The molecule has 0 bridgehead atoms. The van der Waals surface area contributed by atoms with E-state index >= 15 is 0 Å². The van der Waals surface area contributed by atoms with Crippen LogP contribution in [-0.4, -0.2) is 28.0 Å². The zero-order valence-corrected chi connectivity index (χ0v) is 11.7. The molecular weight excluding hydrogens is 240 g/mol. The third-order valence-electron chi connectivity index (χ3n) is 3.61. The monoisotopic (exact) mass is 262 g/mol. The van der Waals surface area contributed by atoms with Crippen molar-refractivity contribution in [3.05, 3.63) is 18.1 Å². The highest BCUT2D eigenvalue weighted by Crippen LogP contribution is 2.27. The molecule has 19 heavy (non-hydrogen) atoms. The molecule has 1 fully saturated rings. The third-order valence-corrected chi connectivity index (χ3v) is 3.61. The highest BCUT2D eigenvalue weighted by atomic mass is 16.2. The molecule has 2 rings (SSSR count). The van der Waals surface area contributed by atoms with E-state index in [1.165, 1.54) is 25.5 Å². The molecule has 1 aromatic rings. The molecule has 0 unspecified atom stereocenters. The predicted octanol–water partition coefficient (Wildman–Crippen LogP) is 2.36. The largest absolute Gasteiger partial charge is 0.369 e. The van der Waals surface area contributed by atoms with E-state index in [1.807, 2.05) is 6.92 Å². The summed E-state index contributed by atoms with van der Waals surface area (Å²) in [5, 5.41) is 6.16. The summed E-state index contributed by atoms with van der Waals surface area (Å²) in [6.45, 7) is 4.90. The summed E-state index contributed by atoms with van der Waals surface area (Å²) < 4.78 is 0. The maximum atomic E-state index is 12.2. The Bertz CT molecular complexity index is 424. The van der Waals surface area contributed by atoms with E-state index in [4.69, 9.17) is 0 Å². The maximum absolute atomic E-state index is 12.2. The summed E-state index contributed by atoms with van der Waals surface area (Å²) >= 11 is 0. The lowest BCUT2D eigenvalue weighted by atomic mass is 9.83. The fourth-order valence-corrected chi connectivity index (χ4v) is 2.51. The van der Waals surface area contributed by atoms with Crippen molar-refractivity contribution in [2.75, 3.05) is 11.9 Å². The van der Waals surface area contributed by atoms with E-state index in [9.17, 15) is 4.79 Å². The Morgan fingerprint density at radius 2 is 2.00 bits per heavy atom. The molecule has 0 aliphatic heterocycles. The summed E-state index contributed by atoms with van der Waals surface area (Å²) in [7, 11) is 0. The molecule has 1 aliphatic rings. The molecule has 1 heterocycles. The Hall–Kier alpha value is -1.65. The van der Waals surface area contributed by atoms with Crippen LogP contribution < -0.4 is 10.6 Å². The Labute approximate surface area is 114 Å². The van der Waals surface area contributed by atoms with Gasteiger partial charge < -0.3 is 10.6 Å². The maximum Gasteiger partial charge on any atom is 0.271 e. The Balaban J connectivity index is 1.99. The average molecular weight is 262 g/mol. The van der Waals surface area contributed by atoms with Crippen LogP contribution in [0.3, 0.4) is 0 Å². The average Bonchev–Trinajstić information content (AvgIpc) is 2.40. The minimum atomic E-state index is -0.125. The molecule has 0 aromatic carbocycles. The molecule has 0 atom stereocenters. The van der Waals surface area contributed by atoms with Crippen molar-refractivity contribution >= 4 is 11.7 Å². The van der Waals surface area contributed by atoms with Gasteiger partial charge in [-0.15, -0.1) is 0 Å². The highest BCUT2D eigenvalue weighted by Gasteiger charge is 2.29. The summed E-state index contributed by atoms with van der Waals surface area (Å²) in [5.41, 5.74) is 0.297. The standard InChI is InChI=1S/C14H22N4O/c1-3-15-12-10-16-11(9-17-12)13(19)18-14(2)7-5-4-6-8-14/h9-10H,3-8H2,1-2H3,(H,15,17)(H,18,19). The Morgan fingerprint density at radius 3 is 2.58 bits per heavy atom. The summed E-state index contributed by atoms with van der Waals surface area (Å²) in [6, 6.07) is 0. The molecule has 5 heteroatoms. The van der Waals surface area contributed by atoms with Crippen molar-refractivity contribution in [1.29, 1.82) is 0 Å². The molecule has 1 aliphatic carbocycles. The number of rotatable bonds is 4. The molecule has 2 N–H and O–H groups in total. The zero-order chi connectivity index (χ0) is 13.7. The SMILES string of the molecule is CCNc1cnc(C(=O)NC2(C)CCCCC2)cn1. The molecule has 5 nitrogen and oxygen atoms in total. The van der Waals surface area contributed by atoms with E-state index in [1.54, 1.807) is 6.20 Å². The van der Waals surface area contributed by atoms with E-state index < -0.39 is 0 Å². The van der Waals surface area contributed by atoms with Crippen molar-refractivity contribution in [2.24, 2.45) is 0 Å². The molecule has 0 radical (unpaired) electrons. The van der Waals surface area contributed by atoms with Crippen molar-refractivity contribution in [2.45, 2.75) is 51.5 Å². The minimum Gasteiger partial charge on any atom is -0.369 e. The van der Waals surface area contributed by atoms with Crippen LogP contribution in [0.25, 0.3) is 0 Å². The van der Waals surface area contributed by atoms with E-state index in [0.717, 1.165) is 19.4 Å². The van der Waals surface area contributed by atoms with Gasteiger partial charge in [-0.25, -0.2) is 9.97 Å². The van der Waals surface area contributed by atoms with Crippen LogP contribution in [0.15, 0.2) is 12.4 Å². The number of hydrogen-bond acceptors (Lipinski definition) is 4. The third kappa shape index (κ3) is 3.66. The van der Waals surface area contributed by atoms with Crippen LogP contribution in [0.5, 0.6) is 0 Å². The zero-order valence-electron chi connectivity index (χ0n) is 11.7. The van der Waals surface area contributed by atoms with Gasteiger partial charge in [0.25, 0.3) is 5.91 Å². The molecule has 1 saturated carbocycles. The van der Waals surface area contributed by atoms with Crippen molar-refractivity contribution in [1.82, 2.24) is 15.3 Å². The number of nitrogens with zero attached hydrogens (tertiary/aromatic N) is 2. The lowest BCUT2D eigenvalue weighted by Gasteiger charge is -2.34. The minimum absolute atomic E-state index is 0.0860. The van der Waals surface area contributed by atoms with Crippen LogP contribution in [0, 0.1) is 0 Å². The normalized spacial score (nSPS) is 17.8. The second-order valence-corrected chi connectivity index (χ2v) is 5.39. The van der Waals surface area contributed by atoms with Gasteiger partial charge in [-0.2, -0.15) is 0 Å². The number of nitrogens with one attached hydrogen (secondary N) is 2. The molecule has 1 amide bonds. The predicted molar refractivity (Wildman–Crippen MR) is 75.2 cm³/mol. The van der Waals surface area contributed by atoms with Gasteiger partial charge in [0.15, 0.2) is 0 Å². The lowest BCUT2D eigenvalue weighted by molar-refractivity contribution is 0.0877. The smallest absolute Gasteiger partial charge is 0.271 e. The van der Waals surface area contributed by atoms with Gasteiger partial charge in [0.05, 0.1) is 12.4 Å². The summed E-state index contributed by atoms with van der Waals surface area (Å²) in [5.74, 6) is 0.572. The fraction of sp³-hybridized carbons (Fsp3) is 0.643. The summed E-state index contributed by atoms with van der Waals surface area (Å²) in [4.78, 5) is 20.5. The number of aromatic nitrogens is 2. The number of carbonyl (C=O) groups is 1. The fourth-order valence-electron chi connectivity index (χ4n) is 2.51. The number of hydrogen-bond donors (Lipinski definition) is 2. The lowest BCUT2D eigenvalue weighted by Crippen LogP contribution is -2.47. The highest BCUT2D eigenvalue weighted by molar-refractivity contribution is 5.92. The van der Waals surface area contributed by atoms with Gasteiger partial charge in [-0.1, -0.05) is 19.3 Å². The van der Waals surface area contributed by atoms with E-state index in [-0.39, 0.29) is 11.4 Å². The van der Waals surface area contributed by atoms with Crippen LogP contribution in [0.4, 0.5) is 5.82 Å². The molecular formula is C14H22N4O. The Kier molecular flexibility index (Phi) is 4.35. The number of amides is 1. The van der Waals surface area contributed by atoms with Crippen LogP contribution in [-0.2, 0) is 0 Å². The molecule has 0 saturated heterocycles. The summed E-state index contributed by atoms with van der Waals surface area (Å²) in [6.07, 6.45) is 8.84. The van der Waals surface area contributed by atoms with Gasteiger partial charge in [-0.05, 0) is 26.7 Å².